The van der Waals surface area contributed by atoms with Crippen LogP contribution in [0.1, 0.15) is 110 Å². The molecule has 0 atom stereocenters. The van der Waals surface area contributed by atoms with Gasteiger partial charge in [-0.1, -0.05) is 96.8 Å². The largest absolute Gasteiger partial charge is 0.329 e. The minimum atomic E-state index is -4.12. The van der Waals surface area contributed by atoms with Crippen molar-refractivity contribution in [2.24, 2.45) is 0 Å². The summed E-state index contributed by atoms with van der Waals surface area (Å²) in [6.07, 6.45) is 19.5. The summed E-state index contributed by atoms with van der Waals surface area (Å²) >= 11 is 0. The SMILES string of the molecule is CCCCCCCCCCCCCCCCCC(=O)N(C)CS(=O)(=O)O. The Labute approximate surface area is 161 Å². The minimum Gasteiger partial charge on any atom is -0.329 e. The molecule has 0 radical (unpaired) electrons. The third kappa shape index (κ3) is 18.2. The van der Waals surface area contributed by atoms with Crippen molar-refractivity contribution in [1.29, 1.82) is 0 Å². The number of hydrogen-bond acceptors (Lipinski definition) is 3. The molecular formula is C20H41NO4S. The Kier molecular flexibility index (Phi) is 16.2. The molecule has 1 amide bonds. The number of unbranched alkanes of at least 4 members (excludes halogenated alkanes) is 14. The average Bonchev–Trinajstić information content (AvgIpc) is 2.56. The van der Waals surface area contributed by atoms with E-state index in [4.69, 9.17) is 4.55 Å². The summed E-state index contributed by atoms with van der Waals surface area (Å²) in [6, 6.07) is 0. The highest BCUT2D eigenvalue weighted by atomic mass is 32.2. The van der Waals surface area contributed by atoms with Gasteiger partial charge in [-0.15, -0.1) is 0 Å². The Morgan fingerprint density at radius 1 is 0.731 bits per heavy atom. The third-order valence-electron chi connectivity index (χ3n) is 4.78. The Morgan fingerprint density at radius 2 is 1.08 bits per heavy atom. The van der Waals surface area contributed by atoms with Crippen molar-refractivity contribution in [3.63, 3.8) is 0 Å². The van der Waals surface area contributed by atoms with Gasteiger partial charge in [0.2, 0.25) is 5.91 Å². The lowest BCUT2D eigenvalue weighted by molar-refractivity contribution is -0.129. The lowest BCUT2D eigenvalue weighted by atomic mass is 10.0. The summed E-state index contributed by atoms with van der Waals surface area (Å²) in [5.41, 5.74) is 0. The van der Waals surface area contributed by atoms with Gasteiger partial charge in [0.25, 0.3) is 10.1 Å². The summed E-state index contributed by atoms with van der Waals surface area (Å²) in [7, 11) is -2.72. The summed E-state index contributed by atoms with van der Waals surface area (Å²) in [6.45, 7) is 2.26. The molecule has 0 rings (SSSR count). The molecular weight excluding hydrogens is 350 g/mol. The summed E-state index contributed by atoms with van der Waals surface area (Å²) in [5, 5.41) is 0. The van der Waals surface area contributed by atoms with E-state index in [0.29, 0.717) is 6.42 Å². The van der Waals surface area contributed by atoms with E-state index in [-0.39, 0.29) is 5.91 Å². The summed E-state index contributed by atoms with van der Waals surface area (Å²) in [5.74, 6) is -0.845. The van der Waals surface area contributed by atoms with Gasteiger partial charge < -0.3 is 4.90 Å². The number of hydrogen-bond donors (Lipinski definition) is 1. The van der Waals surface area contributed by atoms with Crippen LogP contribution >= 0.6 is 0 Å². The fourth-order valence-corrected chi connectivity index (χ4v) is 3.79. The van der Waals surface area contributed by atoms with E-state index in [0.717, 1.165) is 24.2 Å². The first-order valence-corrected chi connectivity index (χ1v) is 12.2. The molecule has 0 aromatic rings. The van der Waals surface area contributed by atoms with Crippen LogP contribution in [0.5, 0.6) is 0 Å². The highest BCUT2D eigenvalue weighted by Gasteiger charge is 2.14. The van der Waals surface area contributed by atoms with Gasteiger partial charge in [-0.3, -0.25) is 9.35 Å². The van der Waals surface area contributed by atoms with Gasteiger partial charge in [-0.05, 0) is 6.42 Å². The first-order chi connectivity index (χ1) is 12.4. The van der Waals surface area contributed by atoms with Crippen molar-refractivity contribution in [2.45, 2.75) is 110 Å². The molecule has 0 aliphatic carbocycles. The Bertz CT molecular complexity index is 437. The monoisotopic (exact) mass is 391 g/mol. The van der Waals surface area contributed by atoms with E-state index < -0.39 is 16.0 Å². The zero-order valence-electron chi connectivity index (χ0n) is 17.0. The molecule has 156 valence electrons. The first kappa shape index (κ1) is 25.4. The second kappa shape index (κ2) is 16.5. The molecule has 0 bridgehead atoms. The van der Waals surface area contributed by atoms with Crippen molar-refractivity contribution < 1.29 is 17.8 Å². The zero-order valence-corrected chi connectivity index (χ0v) is 17.9. The Hall–Kier alpha value is -0.620. The number of nitrogens with zero attached hydrogens (tertiary/aromatic N) is 1. The van der Waals surface area contributed by atoms with Crippen LogP contribution < -0.4 is 0 Å². The number of amides is 1. The molecule has 26 heavy (non-hydrogen) atoms. The molecule has 0 aliphatic heterocycles. The van der Waals surface area contributed by atoms with E-state index in [2.05, 4.69) is 6.92 Å². The number of carbonyl (C=O) groups excluding carboxylic acids is 1. The van der Waals surface area contributed by atoms with E-state index >= 15 is 0 Å². The van der Waals surface area contributed by atoms with Crippen LogP contribution in [-0.4, -0.2) is 36.7 Å². The van der Waals surface area contributed by atoms with Crippen LogP contribution in [0.25, 0.3) is 0 Å². The highest BCUT2D eigenvalue weighted by Crippen LogP contribution is 2.14. The molecule has 0 saturated heterocycles. The minimum absolute atomic E-state index is 0.225. The van der Waals surface area contributed by atoms with Crippen LogP contribution in [0.15, 0.2) is 0 Å². The Balaban J connectivity index is 3.30. The first-order valence-electron chi connectivity index (χ1n) is 10.6. The fourth-order valence-electron chi connectivity index (χ4n) is 3.16. The number of rotatable bonds is 18. The van der Waals surface area contributed by atoms with Crippen molar-refractivity contribution in [3.05, 3.63) is 0 Å². The van der Waals surface area contributed by atoms with Gasteiger partial charge >= 0.3 is 0 Å². The van der Waals surface area contributed by atoms with Gasteiger partial charge in [0.1, 0.15) is 5.88 Å². The topological polar surface area (TPSA) is 74.7 Å². The van der Waals surface area contributed by atoms with E-state index in [1.165, 1.54) is 84.1 Å². The predicted octanol–water partition coefficient (Wildman–Crippen LogP) is 5.55. The molecule has 0 aliphatic rings. The normalized spacial score (nSPS) is 11.7. The maximum Gasteiger partial charge on any atom is 0.283 e. The molecule has 0 unspecified atom stereocenters. The van der Waals surface area contributed by atoms with Crippen molar-refractivity contribution in [1.82, 2.24) is 4.90 Å². The predicted molar refractivity (Wildman–Crippen MR) is 109 cm³/mol. The molecule has 0 spiro atoms. The molecule has 0 saturated carbocycles. The molecule has 0 heterocycles. The quantitative estimate of drug-likeness (QED) is 0.245. The maximum atomic E-state index is 11.7. The highest BCUT2D eigenvalue weighted by molar-refractivity contribution is 7.85. The van der Waals surface area contributed by atoms with Crippen molar-refractivity contribution in [3.8, 4) is 0 Å². The fraction of sp³-hybridized carbons (Fsp3) is 0.950. The van der Waals surface area contributed by atoms with Gasteiger partial charge in [0.15, 0.2) is 0 Å². The lowest BCUT2D eigenvalue weighted by Crippen LogP contribution is -2.31. The van der Waals surface area contributed by atoms with E-state index in [9.17, 15) is 13.2 Å². The van der Waals surface area contributed by atoms with Gasteiger partial charge in [0.05, 0.1) is 0 Å². The van der Waals surface area contributed by atoms with Gasteiger partial charge in [-0.25, -0.2) is 0 Å². The number of carbonyl (C=O) groups is 1. The van der Waals surface area contributed by atoms with Crippen LogP contribution in [0.3, 0.4) is 0 Å². The zero-order chi connectivity index (χ0) is 19.7. The smallest absolute Gasteiger partial charge is 0.283 e. The van der Waals surface area contributed by atoms with Crippen molar-refractivity contribution in [2.75, 3.05) is 12.9 Å². The van der Waals surface area contributed by atoms with Gasteiger partial charge in [0, 0.05) is 13.5 Å². The van der Waals surface area contributed by atoms with Gasteiger partial charge in [-0.2, -0.15) is 8.42 Å². The van der Waals surface area contributed by atoms with Crippen LogP contribution in [0.4, 0.5) is 0 Å². The second-order valence-corrected chi connectivity index (χ2v) is 8.92. The lowest BCUT2D eigenvalue weighted by Gasteiger charge is -2.14. The average molecular weight is 392 g/mol. The standard InChI is InChI=1S/C20H41NO4S/c1-3-4-5-6-7-8-9-10-11-12-13-14-15-16-17-18-20(22)21(2)19-26(23,24)25/h3-19H2,1-2H3,(H,23,24,25). The molecule has 1 N–H and O–H groups in total. The van der Waals surface area contributed by atoms with Crippen LogP contribution in [0.2, 0.25) is 0 Å². The molecule has 0 aromatic carbocycles. The second-order valence-electron chi connectivity index (χ2n) is 7.50. The molecule has 0 fully saturated rings. The van der Waals surface area contributed by atoms with Crippen LogP contribution in [-0.2, 0) is 14.9 Å². The maximum absolute atomic E-state index is 11.7. The van der Waals surface area contributed by atoms with E-state index in [1.54, 1.807) is 0 Å². The molecule has 0 aromatic heterocycles. The molecule has 6 heteroatoms. The summed E-state index contributed by atoms with van der Waals surface area (Å²) in [4.78, 5) is 12.8. The van der Waals surface area contributed by atoms with Crippen molar-refractivity contribution >= 4 is 16.0 Å². The third-order valence-corrected chi connectivity index (χ3v) is 5.49. The van der Waals surface area contributed by atoms with Crippen LogP contribution in [0, 0.1) is 0 Å². The Morgan fingerprint density at radius 3 is 1.42 bits per heavy atom. The molecule has 5 nitrogen and oxygen atoms in total. The summed E-state index contributed by atoms with van der Waals surface area (Å²) < 4.78 is 30.2. The van der Waals surface area contributed by atoms with E-state index in [1.807, 2.05) is 0 Å².